The van der Waals surface area contributed by atoms with Crippen LogP contribution < -0.4 is 0 Å². The molecule has 0 bridgehead atoms. The molecule has 1 aromatic heterocycles. The lowest BCUT2D eigenvalue weighted by Crippen LogP contribution is -2.07. The number of benzene rings is 10. The number of hydrogen-bond donors (Lipinski definition) is 0. The summed E-state index contributed by atoms with van der Waals surface area (Å²) in [5.41, 5.74) is 11.3. The Morgan fingerprint density at radius 3 is 1.80 bits per heavy atom. The van der Waals surface area contributed by atoms with Gasteiger partial charge < -0.3 is 4.42 Å². The first-order valence-electron chi connectivity index (χ1n) is 20.6. The van der Waals surface area contributed by atoms with Crippen molar-refractivity contribution in [3.05, 3.63) is 235 Å². The lowest BCUT2D eigenvalue weighted by atomic mass is 9.95. The molecule has 11 aromatic rings. The maximum Gasteiger partial charge on any atom is 0.160 e. The second-order valence-electron chi connectivity index (χ2n) is 15.8. The largest absolute Gasteiger partial charge is 0.456 e. The van der Waals surface area contributed by atoms with E-state index in [-0.39, 0.29) is 0 Å². The highest BCUT2D eigenvalue weighted by atomic mass is 16.3. The predicted octanol–water partition coefficient (Wildman–Crippen LogP) is 15.4. The summed E-state index contributed by atoms with van der Waals surface area (Å²) < 4.78 is 6.56. The van der Waals surface area contributed by atoms with Gasteiger partial charge in [0.25, 0.3) is 0 Å². The molecular formula is C58H36N2O. The summed E-state index contributed by atoms with van der Waals surface area (Å²) in [4.78, 5) is 10.8. The van der Waals surface area contributed by atoms with Crippen LogP contribution in [0.25, 0.3) is 93.0 Å². The SMILES string of the molecule is C=C1C=C(c2cc(-c3ccccc3)c3c(c2)oc2ccccc23)N=C(c2ccc3c(ccc4c5ccccc5ccc34)c2)N=C1c1ccc(-c2ccc3ccccc3c2)cc1. The zero-order chi connectivity index (χ0) is 40.4. The number of furan rings is 1. The Morgan fingerprint density at radius 1 is 0.361 bits per heavy atom. The number of amidine groups is 1. The molecule has 1 aliphatic rings. The molecule has 0 spiro atoms. The second kappa shape index (κ2) is 14.0. The van der Waals surface area contributed by atoms with Gasteiger partial charge in [-0.15, -0.1) is 0 Å². The summed E-state index contributed by atoms with van der Waals surface area (Å²) >= 11 is 0. The van der Waals surface area contributed by atoms with E-state index in [1.807, 2.05) is 18.2 Å². The van der Waals surface area contributed by atoms with Crippen molar-refractivity contribution in [2.45, 2.75) is 0 Å². The molecule has 61 heavy (non-hydrogen) atoms. The van der Waals surface area contributed by atoms with Crippen molar-refractivity contribution in [1.29, 1.82) is 0 Å². The molecule has 0 radical (unpaired) electrons. The van der Waals surface area contributed by atoms with Gasteiger partial charge in [-0.05, 0) is 107 Å². The van der Waals surface area contributed by atoms with Crippen molar-refractivity contribution >= 4 is 82.3 Å². The van der Waals surface area contributed by atoms with Crippen molar-refractivity contribution in [1.82, 2.24) is 0 Å². The van der Waals surface area contributed by atoms with E-state index in [1.165, 1.54) is 43.3 Å². The van der Waals surface area contributed by atoms with E-state index in [0.717, 1.165) is 77.7 Å². The zero-order valence-corrected chi connectivity index (χ0v) is 33.1. The lowest BCUT2D eigenvalue weighted by molar-refractivity contribution is 0.669. The predicted molar refractivity (Wildman–Crippen MR) is 258 cm³/mol. The Morgan fingerprint density at radius 2 is 0.967 bits per heavy atom. The summed E-state index contributed by atoms with van der Waals surface area (Å²) in [7, 11) is 0. The van der Waals surface area contributed by atoms with Gasteiger partial charge in [-0.3, -0.25) is 0 Å². The average Bonchev–Trinajstić information content (AvgIpc) is 3.61. The standard InChI is InChI=1S/C58H36N2O/c1-36-31-53(46-34-52(39-12-3-2-4-13-39)56-51-17-9-10-18-54(51)61-55(56)35-46)59-58(45-27-28-48-44(33-45)26-30-49-47-16-8-7-14-40(47)25-29-50(48)49)60-57(36)41-22-19-38(20-23-41)43-24-21-37-11-5-6-15-42(37)32-43/h2-35H,1H2. The molecule has 0 atom stereocenters. The van der Waals surface area contributed by atoms with Crippen LogP contribution >= 0.6 is 0 Å². The molecule has 12 rings (SSSR count). The minimum absolute atomic E-state index is 0.616. The monoisotopic (exact) mass is 776 g/mol. The third-order valence-electron chi connectivity index (χ3n) is 12.2. The Balaban J connectivity index is 1.03. The van der Waals surface area contributed by atoms with Gasteiger partial charge in [-0.25, -0.2) is 9.98 Å². The van der Waals surface area contributed by atoms with Crippen LogP contribution in [0.15, 0.2) is 233 Å². The van der Waals surface area contributed by atoms with Gasteiger partial charge in [0.05, 0.1) is 11.4 Å². The summed E-state index contributed by atoms with van der Waals surface area (Å²) in [6.07, 6.45) is 2.07. The maximum atomic E-state index is 6.56. The minimum Gasteiger partial charge on any atom is -0.456 e. The molecule has 0 N–H and O–H groups in total. The molecule has 3 heteroatoms. The molecule has 10 aromatic carbocycles. The van der Waals surface area contributed by atoms with E-state index < -0.39 is 0 Å². The molecule has 1 aliphatic heterocycles. The van der Waals surface area contributed by atoms with Crippen molar-refractivity contribution in [2.24, 2.45) is 9.98 Å². The van der Waals surface area contributed by atoms with E-state index in [1.54, 1.807) is 0 Å². The van der Waals surface area contributed by atoms with E-state index in [4.69, 9.17) is 14.4 Å². The van der Waals surface area contributed by atoms with Gasteiger partial charge >= 0.3 is 0 Å². The first-order valence-corrected chi connectivity index (χ1v) is 20.6. The molecule has 0 amide bonds. The van der Waals surface area contributed by atoms with E-state index in [9.17, 15) is 0 Å². The fraction of sp³-hybridized carbons (Fsp3) is 0. The first kappa shape index (κ1) is 34.9. The molecule has 2 heterocycles. The second-order valence-corrected chi connectivity index (χ2v) is 15.8. The van der Waals surface area contributed by atoms with Crippen LogP contribution in [0.5, 0.6) is 0 Å². The number of aliphatic imine (C=N–C) groups is 2. The highest BCUT2D eigenvalue weighted by Crippen LogP contribution is 2.40. The van der Waals surface area contributed by atoms with Crippen molar-refractivity contribution in [2.75, 3.05) is 0 Å². The van der Waals surface area contributed by atoms with Gasteiger partial charge in [0, 0.05) is 27.5 Å². The number of rotatable bonds is 5. The molecule has 0 saturated carbocycles. The quantitative estimate of drug-likeness (QED) is 0.160. The van der Waals surface area contributed by atoms with Crippen molar-refractivity contribution in [3.63, 3.8) is 0 Å². The lowest BCUT2D eigenvalue weighted by Gasteiger charge is -2.11. The highest BCUT2D eigenvalue weighted by molar-refractivity contribution is 6.24. The number of hydrogen-bond acceptors (Lipinski definition) is 3. The van der Waals surface area contributed by atoms with Gasteiger partial charge in [0.1, 0.15) is 11.2 Å². The molecule has 0 fully saturated rings. The van der Waals surface area contributed by atoms with Gasteiger partial charge in [0.2, 0.25) is 0 Å². The normalized spacial score (nSPS) is 13.2. The average molecular weight is 777 g/mol. The van der Waals surface area contributed by atoms with E-state index in [0.29, 0.717) is 5.84 Å². The maximum absolute atomic E-state index is 6.56. The van der Waals surface area contributed by atoms with E-state index in [2.05, 4.69) is 195 Å². The van der Waals surface area contributed by atoms with E-state index >= 15 is 0 Å². The number of allylic oxidation sites excluding steroid dienone is 2. The first-order chi connectivity index (χ1) is 30.1. The van der Waals surface area contributed by atoms with Crippen LogP contribution in [0.1, 0.15) is 16.7 Å². The molecular weight excluding hydrogens is 741 g/mol. The topological polar surface area (TPSA) is 37.9 Å². The Bertz CT molecular complexity index is 3700. The number of para-hydroxylation sites is 1. The third kappa shape index (κ3) is 5.98. The van der Waals surface area contributed by atoms with Crippen LogP contribution in [0, 0.1) is 0 Å². The van der Waals surface area contributed by atoms with Crippen LogP contribution in [-0.2, 0) is 0 Å². The smallest absolute Gasteiger partial charge is 0.160 e. The summed E-state index contributed by atoms with van der Waals surface area (Å²) in [6, 6.07) is 70.9. The Hall–Kier alpha value is -8.14. The summed E-state index contributed by atoms with van der Waals surface area (Å²) in [6.45, 7) is 4.63. The number of nitrogens with zero attached hydrogens (tertiary/aromatic N) is 2. The zero-order valence-electron chi connectivity index (χ0n) is 33.1. The van der Waals surface area contributed by atoms with Crippen molar-refractivity contribution in [3.8, 4) is 22.3 Å². The third-order valence-corrected chi connectivity index (χ3v) is 12.2. The van der Waals surface area contributed by atoms with Gasteiger partial charge in [-0.1, -0.05) is 176 Å². The Labute approximate surface area is 352 Å². The summed E-state index contributed by atoms with van der Waals surface area (Å²) in [5, 5.41) is 11.9. The summed E-state index contributed by atoms with van der Waals surface area (Å²) in [5.74, 6) is 0.616. The highest BCUT2D eigenvalue weighted by Gasteiger charge is 2.21. The minimum atomic E-state index is 0.616. The molecule has 0 unspecified atom stereocenters. The van der Waals surface area contributed by atoms with Crippen LogP contribution in [0.4, 0.5) is 0 Å². The molecule has 0 aliphatic carbocycles. The molecule has 0 saturated heterocycles. The van der Waals surface area contributed by atoms with Crippen LogP contribution in [-0.4, -0.2) is 11.5 Å². The number of fused-ring (bicyclic) bond motifs is 9. The Kier molecular flexibility index (Phi) is 8.01. The van der Waals surface area contributed by atoms with Crippen molar-refractivity contribution < 1.29 is 4.42 Å². The van der Waals surface area contributed by atoms with Crippen LogP contribution in [0.3, 0.4) is 0 Å². The fourth-order valence-electron chi connectivity index (χ4n) is 9.11. The van der Waals surface area contributed by atoms with Gasteiger partial charge in [-0.2, -0.15) is 0 Å². The van der Waals surface area contributed by atoms with Gasteiger partial charge in [0.15, 0.2) is 5.84 Å². The fourth-order valence-corrected chi connectivity index (χ4v) is 9.11. The molecule has 3 nitrogen and oxygen atoms in total. The van der Waals surface area contributed by atoms with Crippen LogP contribution in [0.2, 0.25) is 0 Å². The molecule has 284 valence electrons.